The first kappa shape index (κ1) is 27.3. The number of esters is 1. The number of carbonyl (C=O) groups is 1. The van der Waals surface area contributed by atoms with E-state index in [1.54, 1.807) is 6.07 Å². The Morgan fingerprint density at radius 3 is 2.36 bits per heavy atom. The molecule has 7 heteroatoms. The van der Waals surface area contributed by atoms with Gasteiger partial charge in [0.05, 0.1) is 30.5 Å². The summed E-state index contributed by atoms with van der Waals surface area (Å²) in [6.07, 6.45) is 5.19. The first-order chi connectivity index (χ1) is 19.1. The summed E-state index contributed by atoms with van der Waals surface area (Å²) in [5.74, 6) is 0.473. The van der Waals surface area contributed by atoms with Crippen molar-refractivity contribution < 1.29 is 23.7 Å². The van der Waals surface area contributed by atoms with Gasteiger partial charge in [0, 0.05) is 28.6 Å². The second kappa shape index (κ2) is 13.2. The maximum atomic E-state index is 12.5. The molecule has 1 aromatic heterocycles. The SMILES string of the molecule is COC(=O)c1cc(-c2ccc(-c3ccc(OCCCCOC4CCCCO4)cc3)cc2)nc2cc(Br)ccc12. The number of pyridine rings is 1. The van der Waals surface area contributed by atoms with Crippen molar-refractivity contribution in [3.8, 4) is 28.1 Å². The lowest BCUT2D eigenvalue weighted by Gasteiger charge is -2.22. The maximum absolute atomic E-state index is 12.5. The largest absolute Gasteiger partial charge is 0.494 e. The van der Waals surface area contributed by atoms with Crippen molar-refractivity contribution in [2.75, 3.05) is 26.9 Å². The minimum Gasteiger partial charge on any atom is -0.494 e. The number of benzene rings is 3. The Labute approximate surface area is 237 Å². The van der Waals surface area contributed by atoms with E-state index in [9.17, 15) is 4.79 Å². The van der Waals surface area contributed by atoms with E-state index in [2.05, 4.69) is 40.2 Å². The number of nitrogens with zero attached hydrogens (tertiary/aromatic N) is 1. The molecule has 5 rings (SSSR count). The van der Waals surface area contributed by atoms with Gasteiger partial charge in [-0.2, -0.15) is 0 Å². The molecule has 1 aliphatic rings. The lowest BCUT2D eigenvalue weighted by Crippen LogP contribution is -2.22. The van der Waals surface area contributed by atoms with Gasteiger partial charge in [0.2, 0.25) is 0 Å². The fraction of sp³-hybridized carbons (Fsp3) is 0.312. The van der Waals surface area contributed by atoms with Gasteiger partial charge in [-0.05, 0) is 73.6 Å². The van der Waals surface area contributed by atoms with Crippen molar-refractivity contribution in [1.29, 1.82) is 0 Å². The van der Waals surface area contributed by atoms with Gasteiger partial charge >= 0.3 is 5.97 Å². The Kier molecular flexibility index (Phi) is 9.24. The van der Waals surface area contributed by atoms with E-state index >= 15 is 0 Å². The molecule has 202 valence electrons. The predicted molar refractivity (Wildman–Crippen MR) is 156 cm³/mol. The molecular weight excluding hydrogens is 558 g/mol. The number of hydrogen-bond acceptors (Lipinski definition) is 6. The number of carbonyl (C=O) groups excluding carboxylic acids is 1. The van der Waals surface area contributed by atoms with Crippen LogP contribution in [0.1, 0.15) is 42.5 Å². The van der Waals surface area contributed by atoms with Crippen molar-refractivity contribution in [2.45, 2.75) is 38.4 Å². The van der Waals surface area contributed by atoms with E-state index in [0.717, 1.165) is 70.1 Å². The Morgan fingerprint density at radius 1 is 0.923 bits per heavy atom. The lowest BCUT2D eigenvalue weighted by molar-refractivity contribution is -0.162. The molecule has 1 unspecified atom stereocenters. The maximum Gasteiger partial charge on any atom is 0.338 e. The topological polar surface area (TPSA) is 66.9 Å². The Balaban J connectivity index is 1.19. The zero-order valence-corrected chi connectivity index (χ0v) is 23.6. The number of rotatable bonds is 10. The third kappa shape index (κ3) is 7.04. The fourth-order valence-corrected chi connectivity index (χ4v) is 5.01. The van der Waals surface area contributed by atoms with Crippen LogP contribution in [0.4, 0.5) is 0 Å². The molecule has 0 aliphatic carbocycles. The molecule has 1 saturated heterocycles. The van der Waals surface area contributed by atoms with Crippen LogP contribution in [0.2, 0.25) is 0 Å². The third-order valence-corrected chi connectivity index (χ3v) is 7.29. The molecular formula is C32H32BrNO5. The van der Waals surface area contributed by atoms with E-state index in [-0.39, 0.29) is 12.3 Å². The van der Waals surface area contributed by atoms with Crippen LogP contribution in [-0.4, -0.2) is 44.2 Å². The Morgan fingerprint density at radius 2 is 1.64 bits per heavy atom. The van der Waals surface area contributed by atoms with Gasteiger partial charge in [0.1, 0.15) is 5.75 Å². The molecule has 39 heavy (non-hydrogen) atoms. The summed E-state index contributed by atoms with van der Waals surface area (Å²) >= 11 is 3.50. The average Bonchev–Trinajstić information content (AvgIpc) is 2.98. The normalized spacial score (nSPS) is 15.3. The summed E-state index contributed by atoms with van der Waals surface area (Å²) in [7, 11) is 1.39. The van der Waals surface area contributed by atoms with Crippen LogP contribution in [-0.2, 0) is 14.2 Å². The highest BCUT2D eigenvalue weighted by molar-refractivity contribution is 9.10. The van der Waals surface area contributed by atoms with E-state index in [4.69, 9.17) is 23.9 Å². The molecule has 2 heterocycles. The summed E-state index contributed by atoms with van der Waals surface area (Å²) in [6, 6.07) is 23.8. The molecule has 0 amide bonds. The third-order valence-electron chi connectivity index (χ3n) is 6.79. The number of fused-ring (bicyclic) bond motifs is 1. The number of aromatic nitrogens is 1. The molecule has 0 bridgehead atoms. The van der Waals surface area contributed by atoms with Gasteiger partial charge in [-0.3, -0.25) is 0 Å². The summed E-state index contributed by atoms with van der Waals surface area (Å²) in [5.41, 5.74) is 5.05. The van der Waals surface area contributed by atoms with Crippen molar-refractivity contribution in [2.24, 2.45) is 0 Å². The first-order valence-corrected chi connectivity index (χ1v) is 14.2. The fourth-order valence-electron chi connectivity index (χ4n) is 4.66. The summed E-state index contributed by atoms with van der Waals surface area (Å²) < 4.78 is 23.2. The van der Waals surface area contributed by atoms with Crippen LogP contribution in [0.3, 0.4) is 0 Å². The second-order valence-corrected chi connectivity index (χ2v) is 10.4. The number of ether oxygens (including phenoxy) is 4. The number of halogens is 1. The Bertz CT molecular complexity index is 1400. The highest BCUT2D eigenvalue weighted by Gasteiger charge is 2.15. The molecule has 0 radical (unpaired) electrons. The Hall–Kier alpha value is -3.26. The van der Waals surface area contributed by atoms with Gasteiger partial charge in [-0.25, -0.2) is 9.78 Å². The highest BCUT2D eigenvalue weighted by atomic mass is 79.9. The van der Waals surface area contributed by atoms with Crippen LogP contribution in [0.25, 0.3) is 33.3 Å². The molecule has 0 N–H and O–H groups in total. The van der Waals surface area contributed by atoms with E-state index < -0.39 is 0 Å². The van der Waals surface area contributed by atoms with Crippen molar-refractivity contribution in [1.82, 2.24) is 4.98 Å². The molecule has 0 saturated carbocycles. The minimum atomic E-state index is -0.382. The first-order valence-electron chi connectivity index (χ1n) is 13.4. The van der Waals surface area contributed by atoms with Crippen LogP contribution in [0.15, 0.2) is 77.3 Å². The molecule has 1 aliphatic heterocycles. The standard InChI is InChI=1S/C32H32BrNO5/c1-36-32(35)28-21-29(34-30-20-25(33)13-16-27(28)30)24-9-7-22(8-10-24)23-11-14-26(15-12-23)37-17-4-5-19-39-31-6-2-3-18-38-31/h7-16,20-21,31H,2-6,17-19H2,1H3. The monoisotopic (exact) mass is 589 g/mol. The van der Waals surface area contributed by atoms with Gasteiger partial charge in [0.15, 0.2) is 6.29 Å². The predicted octanol–water partition coefficient (Wildman–Crippen LogP) is 7.82. The molecule has 3 aromatic carbocycles. The van der Waals surface area contributed by atoms with Crippen LogP contribution in [0, 0.1) is 0 Å². The molecule has 6 nitrogen and oxygen atoms in total. The molecule has 1 atom stereocenters. The number of unbranched alkanes of at least 4 members (excludes halogenated alkanes) is 1. The van der Waals surface area contributed by atoms with Crippen LogP contribution in [0.5, 0.6) is 5.75 Å². The lowest BCUT2D eigenvalue weighted by atomic mass is 10.0. The van der Waals surface area contributed by atoms with Crippen LogP contribution < -0.4 is 4.74 Å². The van der Waals surface area contributed by atoms with Gasteiger partial charge in [-0.1, -0.05) is 58.4 Å². The van der Waals surface area contributed by atoms with Gasteiger partial charge < -0.3 is 18.9 Å². The summed E-state index contributed by atoms with van der Waals surface area (Å²) in [4.78, 5) is 17.3. The smallest absolute Gasteiger partial charge is 0.338 e. The highest BCUT2D eigenvalue weighted by Crippen LogP contribution is 2.30. The van der Waals surface area contributed by atoms with Gasteiger partial charge in [0.25, 0.3) is 0 Å². The zero-order chi connectivity index (χ0) is 27.0. The zero-order valence-electron chi connectivity index (χ0n) is 22.0. The van der Waals surface area contributed by atoms with E-state index in [0.29, 0.717) is 24.5 Å². The number of hydrogen-bond donors (Lipinski definition) is 0. The van der Waals surface area contributed by atoms with E-state index in [1.165, 1.54) is 13.5 Å². The quantitative estimate of drug-likeness (QED) is 0.139. The van der Waals surface area contributed by atoms with Gasteiger partial charge in [-0.15, -0.1) is 0 Å². The second-order valence-electron chi connectivity index (χ2n) is 9.53. The van der Waals surface area contributed by atoms with Crippen molar-refractivity contribution in [3.63, 3.8) is 0 Å². The molecule has 4 aromatic rings. The average molecular weight is 591 g/mol. The summed E-state index contributed by atoms with van der Waals surface area (Å²) in [5, 5.41) is 0.759. The van der Waals surface area contributed by atoms with Crippen molar-refractivity contribution >= 4 is 32.8 Å². The minimum absolute atomic E-state index is 0.0233. The summed E-state index contributed by atoms with van der Waals surface area (Å²) in [6.45, 7) is 2.18. The molecule has 0 spiro atoms. The van der Waals surface area contributed by atoms with Crippen LogP contribution >= 0.6 is 15.9 Å². The van der Waals surface area contributed by atoms with E-state index in [1.807, 2.05) is 42.5 Å². The number of methoxy groups -OCH3 is 1. The van der Waals surface area contributed by atoms with Crippen molar-refractivity contribution in [3.05, 3.63) is 82.8 Å². The molecule has 1 fully saturated rings.